The molecule has 77 valence electrons. The van der Waals surface area contributed by atoms with Gasteiger partial charge in [0.15, 0.2) is 0 Å². The first-order valence-corrected chi connectivity index (χ1v) is 6.12. The molecule has 0 unspecified atom stereocenters. The average Bonchev–Trinajstić information content (AvgIpc) is 1.94. The Bertz CT molecular complexity index is 190. The van der Waals surface area contributed by atoms with E-state index in [1.54, 1.807) is 0 Å². The van der Waals surface area contributed by atoms with Crippen molar-refractivity contribution in [1.29, 1.82) is 0 Å². The SMILES string of the molecule is CCCCCCCCS(=O)(=O)O.[In]. The van der Waals surface area contributed by atoms with Gasteiger partial charge in [0.1, 0.15) is 0 Å². The molecule has 3 radical (unpaired) electrons. The Balaban J connectivity index is 0. The van der Waals surface area contributed by atoms with E-state index in [0.717, 1.165) is 12.8 Å². The second-order valence-electron chi connectivity index (χ2n) is 3.05. The first kappa shape index (κ1) is 16.2. The largest absolute Gasteiger partial charge is 0.286 e. The minimum atomic E-state index is -3.72. The Hall–Kier alpha value is 0.780. The molecule has 0 fully saturated rings. The zero-order chi connectivity index (χ0) is 9.45. The fourth-order valence-electron chi connectivity index (χ4n) is 1.06. The smallest absolute Gasteiger partial charge is 0.264 e. The van der Waals surface area contributed by atoms with Gasteiger partial charge in [0.25, 0.3) is 10.1 Å². The normalized spacial score (nSPS) is 10.9. The Morgan fingerprint density at radius 3 is 1.92 bits per heavy atom. The molecule has 0 aliphatic heterocycles. The Labute approximate surface area is 99.8 Å². The predicted molar refractivity (Wildman–Crippen MR) is 55.5 cm³/mol. The predicted octanol–water partition coefficient (Wildman–Crippen LogP) is 1.85. The van der Waals surface area contributed by atoms with Crippen LogP contribution >= 0.6 is 0 Å². The summed E-state index contributed by atoms with van der Waals surface area (Å²) < 4.78 is 28.9. The van der Waals surface area contributed by atoms with Gasteiger partial charge < -0.3 is 0 Å². The molecule has 0 aliphatic carbocycles. The van der Waals surface area contributed by atoms with Crippen LogP contribution in [0.25, 0.3) is 0 Å². The van der Waals surface area contributed by atoms with Crippen LogP contribution in [0.3, 0.4) is 0 Å². The molecule has 0 heterocycles. The third kappa shape index (κ3) is 15.5. The van der Waals surface area contributed by atoms with E-state index in [1.165, 1.54) is 19.3 Å². The quantitative estimate of drug-likeness (QED) is 0.577. The summed E-state index contributed by atoms with van der Waals surface area (Å²) in [4.78, 5) is 0. The van der Waals surface area contributed by atoms with Crippen LogP contribution in [0.15, 0.2) is 0 Å². The van der Waals surface area contributed by atoms with Crippen LogP contribution in [0.4, 0.5) is 0 Å². The van der Waals surface area contributed by atoms with E-state index in [1.807, 2.05) is 0 Å². The van der Waals surface area contributed by atoms with E-state index in [0.29, 0.717) is 6.42 Å². The maximum absolute atomic E-state index is 10.3. The van der Waals surface area contributed by atoms with E-state index in [9.17, 15) is 8.42 Å². The standard InChI is InChI=1S/C8H18O3S.In/c1-2-3-4-5-6-7-8-12(9,10)11;/h2-8H2,1H3,(H,9,10,11);. The first-order valence-electron chi connectivity index (χ1n) is 4.51. The van der Waals surface area contributed by atoms with Gasteiger partial charge >= 0.3 is 0 Å². The van der Waals surface area contributed by atoms with Gasteiger partial charge in [-0.05, 0) is 6.42 Å². The fourth-order valence-corrected chi connectivity index (χ4v) is 1.63. The van der Waals surface area contributed by atoms with Gasteiger partial charge in [-0.15, -0.1) is 0 Å². The summed E-state index contributed by atoms with van der Waals surface area (Å²) in [5.74, 6) is -0.0842. The topological polar surface area (TPSA) is 54.4 Å². The van der Waals surface area contributed by atoms with Crippen molar-refractivity contribution in [3.8, 4) is 0 Å². The maximum Gasteiger partial charge on any atom is 0.264 e. The van der Waals surface area contributed by atoms with Gasteiger partial charge in [-0.25, -0.2) is 0 Å². The van der Waals surface area contributed by atoms with Crippen molar-refractivity contribution in [2.75, 3.05) is 5.75 Å². The second-order valence-corrected chi connectivity index (χ2v) is 4.63. The molecule has 0 rings (SSSR count). The van der Waals surface area contributed by atoms with E-state index in [2.05, 4.69) is 6.92 Å². The van der Waals surface area contributed by atoms with Crippen molar-refractivity contribution in [3.63, 3.8) is 0 Å². The summed E-state index contributed by atoms with van der Waals surface area (Å²) in [6.45, 7) is 2.14. The minimum absolute atomic E-state index is 0. The van der Waals surface area contributed by atoms with Gasteiger partial charge in [-0.3, -0.25) is 4.55 Å². The first-order chi connectivity index (χ1) is 5.56. The number of hydrogen-bond donors (Lipinski definition) is 1. The molecule has 0 aromatic heterocycles. The monoisotopic (exact) mass is 309 g/mol. The Morgan fingerprint density at radius 1 is 1.00 bits per heavy atom. The van der Waals surface area contributed by atoms with E-state index < -0.39 is 10.1 Å². The van der Waals surface area contributed by atoms with Crippen molar-refractivity contribution in [3.05, 3.63) is 0 Å². The van der Waals surface area contributed by atoms with Crippen LogP contribution in [0.5, 0.6) is 0 Å². The van der Waals surface area contributed by atoms with Crippen molar-refractivity contribution < 1.29 is 13.0 Å². The third-order valence-electron chi connectivity index (χ3n) is 1.76. The van der Waals surface area contributed by atoms with Crippen molar-refractivity contribution in [1.82, 2.24) is 0 Å². The van der Waals surface area contributed by atoms with Crippen LogP contribution in [0, 0.1) is 0 Å². The Morgan fingerprint density at radius 2 is 1.46 bits per heavy atom. The van der Waals surface area contributed by atoms with Gasteiger partial charge in [0, 0.05) is 25.8 Å². The number of rotatable bonds is 7. The molecule has 0 spiro atoms. The van der Waals surface area contributed by atoms with Gasteiger partial charge in [-0.1, -0.05) is 39.0 Å². The van der Waals surface area contributed by atoms with Gasteiger partial charge in [0.2, 0.25) is 0 Å². The third-order valence-corrected chi connectivity index (χ3v) is 2.56. The molecule has 0 aromatic carbocycles. The molecule has 0 saturated heterocycles. The number of hydrogen-bond acceptors (Lipinski definition) is 2. The molecular formula is C8H18InO3S. The zero-order valence-electron chi connectivity index (χ0n) is 8.20. The molecular weight excluding hydrogens is 291 g/mol. The summed E-state index contributed by atoms with van der Waals surface area (Å²) in [5.41, 5.74) is 0. The van der Waals surface area contributed by atoms with Crippen LogP contribution in [0.2, 0.25) is 0 Å². The van der Waals surface area contributed by atoms with Crippen LogP contribution in [0.1, 0.15) is 45.4 Å². The van der Waals surface area contributed by atoms with Crippen LogP contribution < -0.4 is 0 Å². The summed E-state index contributed by atoms with van der Waals surface area (Å²) in [6, 6.07) is 0. The molecule has 0 bridgehead atoms. The molecule has 0 aromatic rings. The molecule has 1 N–H and O–H groups in total. The fraction of sp³-hybridized carbons (Fsp3) is 1.00. The summed E-state index contributed by atoms with van der Waals surface area (Å²) in [7, 11) is -3.72. The van der Waals surface area contributed by atoms with Crippen molar-refractivity contribution in [2.45, 2.75) is 45.4 Å². The summed E-state index contributed by atoms with van der Waals surface area (Å²) in [6.07, 6.45) is 6.14. The zero-order valence-corrected chi connectivity index (χ0v) is 12.3. The Kier molecular flexibility index (Phi) is 11.7. The molecule has 13 heavy (non-hydrogen) atoms. The maximum atomic E-state index is 10.3. The molecule has 0 saturated carbocycles. The summed E-state index contributed by atoms with van der Waals surface area (Å²) >= 11 is 0. The van der Waals surface area contributed by atoms with E-state index >= 15 is 0 Å². The molecule has 0 aliphatic rings. The van der Waals surface area contributed by atoms with Crippen molar-refractivity contribution in [2.24, 2.45) is 0 Å². The van der Waals surface area contributed by atoms with E-state index in [-0.39, 0.29) is 31.6 Å². The number of unbranched alkanes of at least 4 members (excludes halogenated alkanes) is 5. The molecule has 0 amide bonds. The molecule has 3 nitrogen and oxygen atoms in total. The molecule has 5 heteroatoms. The summed E-state index contributed by atoms with van der Waals surface area (Å²) in [5, 5.41) is 0. The van der Waals surface area contributed by atoms with E-state index in [4.69, 9.17) is 4.55 Å². The van der Waals surface area contributed by atoms with Crippen LogP contribution in [-0.4, -0.2) is 44.6 Å². The molecule has 0 atom stereocenters. The van der Waals surface area contributed by atoms with Crippen LogP contribution in [-0.2, 0) is 10.1 Å². The van der Waals surface area contributed by atoms with Gasteiger partial charge in [0.05, 0.1) is 5.75 Å². The minimum Gasteiger partial charge on any atom is -0.286 e. The average molecular weight is 309 g/mol. The van der Waals surface area contributed by atoms with Gasteiger partial charge in [-0.2, -0.15) is 8.42 Å². The second kappa shape index (κ2) is 9.34. The van der Waals surface area contributed by atoms with Crippen molar-refractivity contribution >= 4 is 36.0 Å².